The lowest BCUT2D eigenvalue weighted by Gasteiger charge is -2.20. The van der Waals surface area contributed by atoms with Crippen molar-refractivity contribution >= 4 is 11.9 Å². The minimum absolute atomic E-state index is 0.231. The summed E-state index contributed by atoms with van der Waals surface area (Å²) in [5, 5.41) is 10.5. The number of ether oxygens (including phenoxy) is 1. The number of fused-ring (bicyclic) bond motifs is 3. The number of hydrogen-bond donors (Lipinski definition) is 1. The highest BCUT2D eigenvalue weighted by Gasteiger charge is 2.38. The van der Waals surface area contributed by atoms with Crippen molar-refractivity contribution in [3.63, 3.8) is 0 Å². The summed E-state index contributed by atoms with van der Waals surface area (Å²) in [4.78, 5) is 26.0. The molecule has 1 aromatic heterocycles. The number of ketones is 1. The normalized spacial score (nSPS) is 13.9. The number of rotatable bonds is 4. The minimum atomic E-state index is -0.541. The van der Waals surface area contributed by atoms with Gasteiger partial charge in [-0.2, -0.15) is 0 Å². The van der Waals surface area contributed by atoms with E-state index in [2.05, 4.69) is 0 Å². The molecule has 0 atom stereocenters. The molecule has 0 fully saturated rings. The van der Waals surface area contributed by atoms with Crippen molar-refractivity contribution in [2.75, 3.05) is 7.11 Å². The van der Waals surface area contributed by atoms with Gasteiger partial charge in [0.05, 0.1) is 12.8 Å². The van der Waals surface area contributed by atoms with E-state index in [4.69, 9.17) is 4.74 Å². The van der Waals surface area contributed by atoms with Crippen LogP contribution in [0.25, 0.3) is 11.8 Å². The van der Waals surface area contributed by atoms with E-state index >= 15 is 0 Å². The topological polar surface area (TPSA) is 68.5 Å². The average molecular weight is 387 g/mol. The summed E-state index contributed by atoms with van der Waals surface area (Å²) >= 11 is 0. The molecule has 146 valence electrons. The number of benzene rings is 2. The maximum atomic E-state index is 13.2. The molecule has 5 nitrogen and oxygen atoms in total. The summed E-state index contributed by atoms with van der Waals surface area (Å²) in [7, 11) is 1.58. The molecule has 0 saturated carbocycles. The van der Waals surface area contributed by atoms with E-state index < -0.39 is 16.8 Å². The molecule has 1 aliphatic heterocycles. The van der Waals surface area contributed by atoms with Crippen LogP contribution in [0.2, 0.25) is 0 Å². The number of hydrogen-bond acceptors (Lipinski definition) is 4. The Morgan fingerprint density at radius 3 is 2.48 bits per heavy atom. The first-order valence-electron chi connectivity index (χ1n) is 9.30. The second-order valence-corrected chi connectivity index (χ2v) is 7.54. The number of allylic oxidation sites excluding steroid dienone is 1. The van der Waals surface area contributed by atoms with E-state index in [-0.39, 0.29) is 11.3 Å². The van der Waals surface area contributed by atoms with Crippen molar-refractivity contribution in [3.8, 4) is 17.2 Å². The summed E-state index contributed by atoms with van der Waals surface area (Å²) in [6.07, 6.45) is 2.91. The second-order valence-electron chi connectivity index (χ2n) is 7.54. The van der Waals surface area contributed by atoms with Gasteiger partial charge in [0.15, 0.2) is 5.78 Å². The monoisotopic (exact) mass is 387 g/mol. The third-order valence-electron chi connectivity index (χ3n) is 5.44. The molecule has 0 aliphatic carbocycles. The summed E-state index contributed by atoms with van der Waals surface area (Å²) < 4.78 is 6.65. The van der Waals surface area contributed by atoms with Gasteiger partial charge in [-0.25, -0.2) is 0 Å². The van der Waals surface area contributed by atoms with E-state index in [1.165, 1.54) is 16.7 Å². The third-order valence-corrected chi connectivity index (χ3v) is 5.44. The van der Waals surface area contributed by atoms with E-state index in [0.29, 0.717) is 11.4 Å². The van der Waals surface area contributed by atoms with Gasteiger partial charge < -0.3 is 9.84 Å². The Morgan fingerprint density at radius 2 is 1.79 bits per heavy atom. The lowest BCUT2D eigenvalue weighted by atomic mass is 9.83. The van der Waals surface area contributed by atoms with Crippen LogP contribution in [0.3, 0.4) is 0 Å². The first-order chi connectivity index (χ1) is 13.8. The van der Waals surface area contributed by atoms with Gasteiger partial charge in [-0.1, -0.05) is 50.3 Å². The second kappa shape index (κ2) is 6.78. The molecule has 0 bridgehead atoms. The largest absolute Gasteiger partial charge is 0.507 e. The fourth-order valence-corrected chi connectivity index (χ4v) is 3.83. The lowest BCUT2D eigenvalue weighted by Crippen LogP contribution is -2.27. The van der Waals surface area contributed by atoms with E-state index in [0.717, 1.165) is 16.8 Å². The third kappa shape index (κ3) is 2.95. The van der Waals surface area contributed by atoms with Gasteiger partial charge in [0.2, 0.25) is 0 Å². The van der Waals surface area contributed by atoms with Gasteiger partial charge in [-0.3, -0.25) is 14.2 Å². The van der Waals surface area contributed by atoms with Gasteiger partial charge in [-0.15, -0.1) is 0 Å². The van der Waals surface area contributed by atoms with Crippen LogP contribution in [-0.2, 0) is 5.41 Å². The van der Waals surface area contributed by atoms with Gasteiger partial charge in [-0.05, 0) is 35.4 Å². The molecule has 5 heteroatoms. The van der Waals surface area contributed by atoms with Crippen LogP contribution < -0.4 is 10.3 Å². The van der Waals surface area contributed by atoms with E-state index in [9.17, 15) is 14.7 Å². The molecule has 4 rings (SSSR count). The van der Waals surface area contributed by atoms with Crippen LogP contribution >= 0.6 is 0 Å². The number of aromatic nitrogens is 1. The zero-order valence-electron chi connectivity index (χ0n) is 16.5. The predicted molar refractivity (Wildman–Crippen MR) is 112 cm³/mol. The Labute approximate surface area is 168 Å². The minimum Gasteiger partial charge on any atom is -0.507 e. The highest BCUT2D eigenvalue weighted by atomic mass is 16.5. The van der Waals surface area contributed by atoms with Crippen LogP contribution in [0.5, 0.6) is 11.5 Å². The maximum Gasteiger partial charge on any atom is 0.270 e. The molecule has 2 heterocycles. The Balaban J connectivity index is 1.78. The Bertz CT molecular complexity index is 1200. The standard InChI is InChI=1S/C24H21NO4/c1-24(2)17-6-4-5-7-18(17)25-21(24)14-20(27)22(23(25)28)19(26)13-10-15-8-11-16(29-3)12-9-15/h4-14,27H,1-3H3/b13-10+. The Hall–Kier alpha value is -3.60. The lowest BCUT2D eigenvalue weighted by molar-refractivity contribution is 0.104. The summed E-state index contributed by atoms with van der Waals surface area (Å²) in [6.45, 7) is 3.99. The SMILES string of the molecule is COc1ccc(/C=C/C(=O)c2c(O)cc3n(c2=O)-c2ccccc2C3(C)C)cc1. The molecule has 2 aromatic carbocycles. The van der Waals surface area contributed by atoms with E-state index in [1.54, 1.807) is 37.5 Å². The number of carbonyl (C=O) groups is 1. The Kier molecular flexibility index (Phi) is 4.38. The summed E-state index contributed by atoms with van der Waals surface area (Å²) in [6, 6.07) is 16.3. The van der Waals surface area contributed by atoms with Gasteiger partial charge in [0, 0.05) is 17.2 Å². The van der Waals surface area contributed by atoms with Gasteiger partial charge >= 0.3 is 0 Å². The smallest absolute Gasteiger partial charge is 0.270 e. The van der Waals surface area contributed by atoms with Crippen molar-refractivity contribution in [2.45, 2.75) is 19.3 Å². The summed E-state index contributed by atoms with van der Waals surface area (Å²) in [5.41, 5.74) is 1.98. The molecule has 0 unspecified atom stereocenters. The highest BCUT2D eigenvalue weighted by Crippen LogP contribution is 2.42. The van der Waals surface area contributed by atoms with E-state index in [1.807, 2.05) is 38.1 Å². The number of para-hydroxylation sites is 1. The predicted octanol–water partition coefficient (Wildman–Crippen LogP) is 4.09. The zero-order valence-corrected chi connectivity index (χ0v) is 16.5. The van der Waals surface area contributed by atoms with Crippen molar-refractivity contribution in [1.29, 1.82) is 0 Å². The highest BCUT2D eigenvalue weighted by molar-refractivity contribution is 6.08. The average Bonchev–Trinajstić information content (AvgIpc) is 2.94. The molecule has 0 radical (unpaired) electrons. The van der Waals surface area contributed by atoms with Gasteiger partial charge in [0.1, 0.15) is 17.1 Å². The quantitative estimate of drug-likeness (QED) is 0.541. The summed E-state index contributed by atoms with van der Waals surface area (Å²) in [5.74, 6) is -0.128. The fourth-order valence-electron chi connectivity index (χ4n) is 3.83. The molecular formula is C24H21NO4. The number of nitrogens with zero attached hydrogens (tertiary/aromatic N) is 1. The van der Waals surface area contributed by atoms with Crippen molar-refractivity contribution in [1.82, 2.24) is 4.57 Å². The molecule has 29 heavy (non-hydrogen) atoms. The van der Waals surface area contributed by atoms with Crippen LogP contribution in [0.1, 0.15) is 41.0 Å². The van der Waals surface area contributed by atoms with Crippen molar-refractivity contribution in [2.24, 2.45) is 0 Å². The fraction of sp³-hybridized carbons (Fsp3) is 0.167. The first-order valence-corrected chi connectivity index (χ1v) is 9.30. The molecule has 0 amide bonds. The van der Waals surface area contributed by atoms with Crippen LogP contribution in [0.4, 0.5) is 0 Å². The van der Waals surface area contributed by atoms with Crippen molar-refractivity contribution in [3.05, 3.63) is 93.4 Å². The molecular weight excluding hydrogens is 366 g/mol. The zero-order chi connectivity index (χ0) is 20.8. The first kappa shape index (κ1) is 18.7. The van der Waals surface area contributed by atoms with Crippen LogP contribution in [0.15, 0.2) is 65.5 Å². The number of aromatic hydroxyl groups is 1. The maximum absolute atomic E-state index is 13.2. The molecule has 1 aliphatic rings. The van der Waals surface area contributed by atoms with Crippen LogP contribution in [0, 0.1) is 0 Å². The van der Waals surface area contributed by atoms with Gasteiger partial charge in [0.25, 0.3) is 5.56 Å². The molecule has 0 saturated heterocycles. The van der Waals surface area contributed by atoms with Crippen LogP contribution in [-0.4, -0.2) is 22.6 Å². The van der Waals surface area contributed by atoms with Crippen molar-refractivity contribution < 1.29 is 14.6 Å². The number of methoxy groups -OCH3 is 1. The molecule has 3 aromatic rings. The number of pyridine rings is 1. The Morgan fingerprint density at radius 1 is 1.10 bits per heavy atom. The molecule has 0 spiro atoms. The number of carbonyl (C=O) groups excluding carboxylic acids is 1. The molecule has 1 N–H and O–H groups in total.